The minimum absolute atomic E-state index is 0.0882. The largest absolute Gasteiger partial charge is 0.444 e. The standard InChI is InChI=1S/C33H42N4O4/c1-21-18-34-31-26(21)17-25(19-35-31)24-15-23-7-11-36(30(38)14-22-8-12-40-13-9-22)20-28(23)27(16-24)29-6-5-10-37(29)32(39)41-33(2,3)4/h15-19,22,29H,5-14,20H2,1-4H3,(H,34,35)/t29-/m0/s1. The molecule has 0 spiro atoms. The summed E-state index contributed by atoms with van der Waals surface area (Å²) in [7, 11) is 0. The average Bonchev–Trinajstić information content (AvgIpc) is 3.59. The molecule has 0 radical (unpaired) electrons. The van der Waals surface area contributed by atoms with Crippen molar-refractivity contribution in [2.24, 2.45) is 5.92 Å². The van der Waals surface area contributed by atoms with Crippen LogP contribution in [0.5, 0.6) is 0 Å². The van der Waals surface area contributed by atoms with Crippen molar-refractivity contribution in [1.29, 1.82) is 0 Å². The Morgan fingerprint density at radius 1 is 1.10 bits per heavy atom. The smallest absolute Gasteiger partial charge is 0.410 e. The monoisotopic (exact) mass is 558 g/mol. The quantitative estimate of drug-likeness (QED) is 0.405. The van der Waals surface area contributed by atoms with E-state index in [1.165, 1.54) is 11.1 Å². The second-order valence-corrected chi connectivity index (χ2v) is 13.0. The van der Waals surface area contributed by atoms with Gasteiger partial charge in [-0.1, -0.05) is 6.07 Å². The number of ether oxygens (including phenoxy) is 2. The van der Waals surface area contributed by atoms with Gasteiger partial charge < -0.3 is 24.3 Å². The molecule has 5 heterocycles. The summed E-state index contributed by atoms with van der Waals surface area (Å²) >= 11 is 0. The zero-order chi connectivity index (χ0) is 28.7. The molecule has 1 N–H and O–H groups in total. The summed E-state index contributed by atoms with van der Waals surface area (Å²) in [6.07, 6.45) is 8.74. The van der Waals surface area contributed by atoms with Gasteiger partial charge in [0.05, 0.1) is 6.04 Å². The van der Waals surface area contributed by atoms with E-state index in [4.69, 9.17) is 9.47 Å². The highest BCUT2D eigenvalue weighted by molar-refractivity contribution is 5.85. The summed E-state index contributed by atoms with van der Waals surface area (Å²) in [6.45, 7) is 11.3. The second kappa shape index (κ2) is 11.1. The normalized spacial score (nSPS) is 20.0. The number of carbonyl (C=O) groups is 2. The summed E-state index contributed by atoms with van der Waals surface area (Å²) in [5.74, 6) is 0.627. The second-order valence-electron chi connectivity index (χ2n) is 13.0. The van der Waals surface area contributed by atoms with E-state index in [0.717, 1.165) is 78.6 Å². The van der Waals surface area contributed by atoms with Gasteiger partial charge in [-0.15, -0.1) is 0 Å². The van der Waals surface area contributed by atoms with Crippen LogP contribution in [0.2, 0.25) is 0 Å². The molecule has 1 atom stereocenters. The third-order valence-corrected chi connectivity index (χ3v) is 8.84. The van der Waals surface area contributed by atoms with E-state index in [-0.39, 0.29) is 18.0 Å². The Labute approximate surface area is 242 Å². The Morgan fingerprint density at radius 2 is 1.90 bits per heavy atom. The molecule has 6 rings (SSSR count). The number of nitrogens with one attached hydrogen (secondary N) is 1. The Balaban J connectivity index is 1.36. The lowest BCUT2D eigenvalue weighted by atomic mass is 9.86. The van der Waals surface area contributed by atoms with Crippen LogP contribution in [0.25, 0.3) is 22.2 Å². The van der Waals surface area contributed by atoms with Gasteiger partial charge in [0, 0.05) is 62.6 Å². The minimum Gasteiger partial charge on any atom is -0.444 e. The average molecular weight is 559 g/mol. The molecule has 3 aliphatic heterocycles. The summed E-state index contributed by atoms with van der Waals surface area (Å²) in [6, 6.07) is 6.63. The van der Waals surface area contributed by atoms with Crippen LogP contribution in [-0.4, -0.2) is 63.7 Å². The van der Waals surface area contributed by atoms with Crippen molar-refractivity contribution in [2.45, 2.75) is 84.4 Å². The lowest BCUT2D eigenvalue weighted by molar-refractivity contribution is -0.133. The molecule has 3 aliphatic rings. The van der Waals surface area contributed by atoms with Crippen molar-refractivity contribution in [2.75, 3.05) is 26.3 Å². The van der Waals surface area contributed by atoms with Crippen LogP contribution in [0.1, 0.15) is 81.2 Å². The summed E-state index contributed by atoms with van der Waals surface area (Å²) in [5.41, 5.74) is 7.23. The first-order valence-electron chi connectivity index (χ1n) is 15.1. The predicted octanol–water partition coefficient (Wildman–Crippen LogP) is 6.31. The van der Waals surface area contributed by atoms with Gasteiger partial charge in [-0.25, -0.2) is 9.78 Å². The number of nitrogens with zero attached hydrogens (tertiary/aromatic N) is 3. The number of hydrogen-bond acceptors (Lipinski definition) is 5. The highest BCUT2D eigenvalue weighted by atomic mass is 16.6. The van der Waals surface area contributed by atoms with Crippen LogP contribution in [0.15, 0.2) is 30.6 Å². The van der Waals surface area contributed by atoms with Crippen molar-refractivity contribution in [1.82, 2.24) is 19.8 Å². The molecule has 0 aliphatic carbocycles. The number of benzene rings is 1. The zero-order valence-corrected chi connectivity index (χ0v) is 24.8. The topological polar surface area (TPSA) is 87.8 Å². The number of rotatable bonds is 4. The fraction of sp³-hybridized carbons (Fsp3) is 0.545. The Hall–Kier alpha value is -3.39. The molecule has 1 aromatic carbocycles. The van der Waals surface area contributed by atoms with E-state index in [2.05, 4.69) is 35.1 Å². The van der Waals surface area contributed by atoms with E-state index in [0.29, 0.717) is 32.0 Å². The Kier molecular flexibility index (Phi) is 7.53. The SMILES string of the molecule is Cc1c[nH]c2ncc(-c3cc4c(c([C@@H]5CCCN5C(=O)OC(C)(C)C)c3)CN(C(=O)CC3CCOCC3)CC4)cc12. The molecule has 0 saturated carbocycles. The fourth-order valence-electron chi connectivity index (χ4n) is 6.62. The van der Waals surface area contributed by atoms with Crippen molar-refractivity contribution in [3.05, 3.63) is 52.8 Å². The van der Waals surface area contributed by atoms with Gasteiger partial charge in [0.1, 0.15) is 11.2 Å². The van der Waals surface area contributed by atoms with Crippen molar-refractivity contribution in [3.63, 3.8) is 0 Å². The van der Waals surface area contributed by atoms with Gasteiger partial charge in [0.25, 0.3) is 0 Å². The van der Waals surface area contributed by atoms with E-state index in [1.807, 2.05) is 43.0 Å². The lowest BCUT2D eigenvalue weighted by Gasteiger charge is -2.35. The summed E-state index contributed by atoms with van der Waals surface area (Å²) < 4.78 is 11.3. The van der Waals surface area contributed by atoms with Crippen LogP contribution in [0, 0.1) is 12.8 Å². The van der Waals surface area contributed by atoms with Crippen molar-refractivity contribution < 1.29 is 19.1 Å². The van der Waals surface area contributed by atoms with Gasteiger partial charge in [-0.3, -0.25) is 4.79 Å². The molecule has 2 fully saturated rings. The molecule has 0 bridgehead atoms. The molecule has 8 nitrogen and oxygen atoms in total. The molecule has 2 amide bonds. The van der Waals surface area contributed by atoms with Crippen LogP contribution < -0.4 is 0 Å². The highest BCUT2D eigenvalue weighted by Crippen LogP contribution is 2.40. The summed E-state index contributed by atoms with van der Waals surface area (Å²) in [5, 5.41) is 1.11. The molecule has 8 heteroatoms. The molecule has 3 aromatic rings. The zero-order valence-electron chi connectivity index (χ0n) is 24.8. The van der Waals surface area contributed by atoms with E-state index in [1.54, 1.807) is 0 Å². The van der Waals surface area contributed by atoms with Gasteiger partial charge in [-0.2, -0.15) is 0 Å². The number of H-pyrrole nitrogens is 1. The maximum atomic E-state index is 13.4. The Morgan fingerprint density at radius 3 is 2.68 bits per heavy atom. The first-order valence-corrected chi connectivity index (χ1v) is 15.1. The summed E-state index contributed by atoms with van der Waals surface area (Å²) in [4.78, 5) is 38.6. The molecular formula is C33H42N4O4. The van der Waals surface area contributed by atoms with Crippen LogP contribution >= 0.6 is 0 Å². The number of hydrogen-bond donors (Lipinski definition) is 1. The molecule has 2 saturated heterocycles. The van der Waals surface area contributed by atoms with Gasteiger partial charge in [0.15, 0.2) is 0 Å². The number of likely N-dealkylation sites (tertiary alicyclic amines) is 1. The molecule has 218 valence electrons. The van der Waals surface area contributed by atoms with Gasteiger partial charge in [0.2, 0.25) is 5.91 Å². The molecular weight excluding hydrogens is 516 g/mol. The maximum absolute atomic E-state index is 13.4. The van der Waals surface area contributed by atoms with Crippen LogP contribution in [-0.2, 0) is 27.2 Å². The van der Waals surface area contributed by atoms with Gasteiger partial charge in [-0.05, 0) is 106 Å². The first kappa shape index (κ1) is 27.8. The number of pyridine rings is 1. The predicted molar refractivity (Wildman–Crippen MR) is 158 cm³/mol. The number of aromatic nitrogens is 2. The van der Waals surface area contributed by atoms with Gasteiger partial charge >= 0.3 is 6.09 Å². The number of aromatic amines is 1. The first-order chi connectivity index (χ1) is 19.7. The lowest BCUT2D eigenvalue weighted by Crippen LogP contribution is -2.39. The number of aryl methyl sites for hydroxylation is 1. The van der Waals surface area contributed by atoms with Crippen LogP contribution in [0.3, 0.4) is 0 Å². The maximum Gasteiger partial charge on any atom is 0.410 e. The number of fused-ring (bicyclic) bond motifs is 2. The van der Waals surface area contributed by atoms with E-state index in [9.17, 15) is 9.59 Å². The van der Waals surface area contributed by atoms with E-state index < -0.39 is 5.60 Å². The fourth-order valence-corrected chi connectivity index (χ4v) is 6.62. The van der Waals surface area contributed by atoms with Crippen LogP contribution in [0.4, 0.5) is 4.79 Å². The molecule has 2 aromatic heterocycles. The highest BCUT2D eigenvalue weighted by Gasteiger charge is 2.36. The number of carbonyl (C=O) groups excluding carboxylic acids is 2. The molecule has 41 heavy (non-hydrogen) atoms. The Bertz CT molecular complexity index is 1450. The van der Waals surface area contributed by atoms with Crippen molar-refractivity contribution in [3.8, 4) is 11.1 Å². The van der Waals surface area contributed by atoms with Crippen molar-refractivity contribution >= 4 is 23.0 Å². The number of amides is 2. The minimum atomic E-state index is -0.561. The third-order valence-electron chi connectivity index (χ3n) is 8.84. The van der Waals surface area contributed by atoms with E-state index >= 15 is 0 Å². The third kappa shape index (κ3) is 5.85. The molecule has 0 unspecified atom stereocenters.